The fourth-order valence-electron chi connectivity index (χ4n) is 1.02. The number of sulfonamides is 1. The highest BCUT2D eigenvalue weighted by Gasteiger charge is 2.08. The van der Waals surface area contributed by atoms with E-state index in [1.807, 2.05) is 6.92 Å². The maximum Gasteiger partial charge on any atom is 0.315 e. The van der Waals surface area contributed by atoms with Crippen LogP contribution in [-0.4, -0.2) is 44.5 Å². The van der Waals surface area contributed by atoms with E-state index < -0.39 is 10.0 Å². The van der Waals surface area contributed by atoms with E-state index in [0.717, 1.165) is 6.54 Å². The summed E-state index contributed by atoms with van der Waals surface area (Å²) in [6.45, 7) is 3.50. The van der Waals surface area contributed by atoms with Gasteiger partial charge in [0.05, 0.1) is 12.3 Å². The Hall–Kier alpha value is -1.19. The number of hydrogen-bond acceptors (Lipinski definition) is 7. The third kappa shape index (κ3) is 5.11. The molecule has 0 aliphatic rings. The summed E-state index contributed by atoms with van der Waals surface area (Å²) in [5, 5.41) is 13.3. The Morgan fingerprint density at radius 2 is 2.12 bits per heavy atom. The van der Waals surface area contributed by atoms with Crippen LogP contribution in [0.25, 0.3) is 0 Å². The van der Waals surface area contributed by atoms with Crippen molar-refractivity contribution in [2.24, 2.45) is 0 Å². The van der Waals surface area contributed by atoms with Crippen LogP contribution in [0, 0.1) is 0 Å². The Morgan fingerprint density at radius 1 is 1.35 bits per heavy atom. The van der Waals surface area contributed by atoms with Gasteiger partial charge < -0.3 is 15.1 Å². The van der Waals surface area contributed by atoms with Gasteiger partial charge in [0.15, 0.2) is 0 Å². The molecule has 98 valence electrons. The summed E-state index contributed by atoms with van der Waals surface area (Å²) >= 11 is 0. The average molecular weight is 263 g/mol. The van der Waals surface area contributed by atoms with Crippen LogP contribution in [0.3, 0.4) is 0 Å². The fourth-order valence-corrected chi connectivity index (χ4v) is 1.60. The summed E-state index contributed by atoms with van der Waals surface area (Å²) in [6.07, 6.45) is 0. The van der Waals surface area contributed by atoms with Gasteiger partial charge in [-0.1, -0.05) is 12.0 Å². The molecule has 0 saturated carbocycles. The number of nitrogens with one attached hydrogen (secondary N) is 3. The van der Waals surface area contributed by atoms with Crippen LogP contribution in [0.5, 0.6) is 0 Å². The van der Waals surface area contributed by atoms with Crippen LogP contribution >= 0.6 is 0 Å². The van der Waals surface area contributed by atoms with Gasteiger partial charge in [0, 0.05) is 6.54 Å². The highest BCUT2D eigenvalue weighted by molar-refractivity contribution is 7.89. The molecule has 0 aliphatic heterocycles. The summed E-state index contributed by atoms with van der Waals surface area (Å²) < 4.78 is 29.7. The first-order chi connectivity index (χ1) is 8.07. The maximum atomic E-state index is 11.1. The molecule has 0 atom stereocenters. The standard InChI is InChI=1S/C8H17N5O3S/c1-3-10-6-7-12-13-8(16-7)11-4-5-17(14,15)9-2/h9-10H,3-6H2,1-2H3,(H,11,13). The zero-order valence-electron chi connectivity index (χ0n) is 9.86. The van der Waals surface area contributed by atoms with Gasteiger partial charge in [-0.15, -0.1) is 5.10 Å². The van der Waals surface area contributed by atoms with Gasteiger partial charge in [-0.2, -0.15) is 0 Å². The van der Waals surface area contributed by atoms with Crippen LogP contribution in [0.1, 0.15) is 12.8 Å². The van der Waals surface area contributed by atoms with Crippen molar-refractivity contribution in [1.29, 1.82) is 0 Å². The van der Waals surface area contributed by atoms with Crippen LogP contribution in [-0.2, 0) is 16.6 Å². The first kappa shape index (κ1) is 13.9. The molecule has 0 spiro atoms. The minimum atomic E-state index is -3.21. The Bertz CT molecular complexity index is 430. The Morgan fingerprint density at radius 3 is 2.76 bits per heavy atom. The van der Waals surface area contributed by atoms with E-state index in [9.17, 15) is 8.42 Å². The topological polar surface area (TPSA) is 109 Å². The van der Waals surface area contributed by atoms with Gasteiger partial charge in [-0.05, 0) is 13.6 Å². The zero-order chi connectivity index (χ0) is 12.7. The molecule has 0 unspecified atom stereocenters. The summed E-state index contributed by atoms with van der Waals surface area (Å²) in [5.41, 5.74) is 0. The molecule has 1 aromatic rings. The van der Waals surface area contributed by atoms with E-state index >= 15 is 0 Å². The third-order valence-corrected chi connectivity index (χ3v) is 3.31. The Labute approximate surface area is 100 Å². The molecule has 1 aromatic heterocycles. The lowest BCUT2D eigenvalue weighted by molar-refractivity contribution is 0.482. The van der Waals surface area contributed by atoms with E-state index in [0.29, 0.717) is 12.4 Å². The van der Waals surface area contributed by atoms with Crippen molar-refractivity contribution >= 4 is 16.0 Å². The van der Waals surface area contributed by atoms with E-state index in [1.54, 1.807) is 0 Å². The molecular formula is C8H17N5O3S. The first-order valence-electron chi connectivity index (χ1n) is 5.25. The summed E-state index contributed by atoms with van der Waals surface area (Å²) in [5.74, 6) is 0.417. The second-order valence-corrected chi connectivity index (χ2v) is 5.28. The molecule has 17 heavy (non-hydrogen) atoms. The molecule has 0 bridgehead atoms. The molecule has 8 nitrogen and oxygen atoms in total. The largest absolute Gasteiger partial charge is 0.407 e. The van der Waals surface area contributed by atoms with E-state index in [2.05, 4.69) is 25.6 Å². The van der Waals surface area contributed by atoms with E-state index in [1.165, 1.54) is 7.05 Å². The second kappa shape index (κ2) is 6.52. The normalized spacial score (nSPS) is 11.6. The van der Waals surface area contributed by atoms with Crippen LogP contribution in [0.4, 0.5) is 6.01 Å². The molecule has 1 heterocycles. The smallest absolute Gasteiger partial charge is 0.315 e. The predicted molar refractivity (Wildman–Crippen MR) is 63.0 cm³/mol. The number of hydrogen-bond donors (Lipinski definition) is 3. The van der Waals surface area contributed by atoms with Gasteiger partial charge in [-0.25, -0.2) is 13.1 Å². The zero-order valence-corrected chi connectivity index (χ0v) is 10.7. The summed E-state index contributed by atoms with van der Waals surface area (Å²) in [7, 11) is -1.84. The number of rotatable bonds is 8. The fraction of sp³-hybridized carbons (Fsp3) is 0.750. The quantitative estimate of drug-likeness (QED) is 0.560. The predicted octanol–water partition coefficient (Wildman–Crippen LogP) is -0.860. The van der Waals surface area contributed by atoms with Crippen molar-refractivity contribution in [3.63, 3.8) is 0 Å². The van der Waals surface area contributed by atoms with Crippen molar-refractivity contribution in [1.82, 2.24) is 20.2 Å². The highest BCUT2D eigenvalue weighted by Crippen LogP contribution is 2.04. The van der Waals surface area contributed by atoms with Crippen molar-refractivity contribution in [2.75, 3.05) is 31.2 Å². The number of nitrogens with zero attached hydrogens (tertiary/aromatic N) is 2. The molecular weight excluding hydrogens is 246 g/mol. The first-order valence-corrected chi connectivity index (χ1v) is 6.91. The Kier molecular flexibility index (Phi) is 5.32. The van der Waals surface area contributed by atoms with Crippen LogP contribution in [0.15, 0.2) is 4.42 Å². The van der Waals surface area contributed by atoms with Gasteiger partial charge >= 0.3 is 6.01 Å². The maximum absolute atomic E-state index is 11.1. The van der Waals surface area contributed by atoms with E-state index in [4.69, 9.17) is 4.42 Å². The van der Waals surface area contributed by atoms with E-state index in [-0.39, 0.29) is 18.3 Å². The van der Waals surface area contributed by atoms with Crippen molar-refractivity contribution in [3.05, 3.63) is 5.89 Å². The molecule has 0 fully saturated rings. The summed E-state index contributed by atoms with van der Waals surface area (Å²) in [6, 6.07) is 0.226. The molecule has 0 amide bonds. The highest BCUT2D eigenvalue weighted by atomic mass is 32.2. The van der Waals surface area contributed by atoms with Crippen molar-refractivity contribution in [2.45, 2.75) is 13.5 Å². The summed E-state index contributed by atoms with van der Waals surface area (Å²) in [4.78, 5) is 0. The number of anilines is 1. The lowest BCUT2D eigenvalue weighted by Gasteiger charge is -2.01. The molecule has 1 rings (SSSR count). The molecule has 0 aromatic carbocycles. The van der Waals surface area contributed by atoms with Crippen molar-refractivity contribution in [3.8, 4) is 0 Å². The minimum Gasteiger partial charge on any atom is -0.407 e. The second-order valence-electron chi connectivity index (χ2n) is 3.23. The molecule has 0 saturated heterocycles. The van der Waals surface area contributed by atoms with Gasteiger partial charge in [0.2, 0.25) is 15.9 Å². The van der Waals surface area contributed by atoms with Crippen LogP contribution < -0.4 is 15.4 Å². The van der Waals surface area contributed by atoms with Gasteiger partial charge in [0.25, 0.3) is 0 Å². The molecule has 3 N–H and O–H groups in total. The van der Waals surface area contributed by atoms with Crippen LogP contribution in [0.2, 0.25) is 0 Å². The lowest BCUT2D eigenvalue weighted by atomic mass is 10.6. The SMILES string of the molecule is CCNCc1nnc(NCCS(=O)(=O)NC)o1. The molecule has 0 aliphatic carbocycles. The molecule has 9 heteroatoms. The Balaban J connectivity index is 2.35. The van der Waals surface area contributed by atoms with Crippen molar-refractivity contribution < 1.29 is 12.8 Å². The minimum absolute atomic E-state index is 0.0472. The lowest BCUT2D eigenvalue weighted by Crippen LogP contribution is -2.26. The number of aromatic nitrogens is 2. The van der Waals surface area contributed by atoms with Gasteiger partial charge in [-0.3, -0.25) is 0 Å². The average Bonchev–Trinajstić information content (AvgIpc) is 2.74. The third-order valence-electron chi connectivity index (χ3n) is 1.95. The molecule has 0 radical (unpaired) electrons. The van der Waals surface area contributed by atoms with Gasteiger partial charge in [0.1, 0.15) is 0 Å². The monoisotopic (exact) mass is 263 g/mol.